The Hall–Kier alpha value is -2.86. The minimum Gasteiger partial charge on any atom is -0.497 e. The highest BCUT2D eigenvalue weighted by Gasteiger charge is 2.22. The van der Waals surface area contributed by atoms with E-state index in [2.05, 4.69) is 0 Å². The van der Waals surface area contributed by atoms with Gasteiger partial charge in [-0.25, -0.2) is 0 Å². The van der Waals surface area contributed by atoms with Crippen LogP contribution >= 0.6 is 0 Å². The van der Waals surface area contributed by atoms with Crippen molar-refractivity contribution in [2.24, 2.45) is 0 Å². The van der Waals surface area contributed by atoms with Crippen LogP contribution in [-0.4, -0.2) is 49.1 Å². The van der Waals surface area contributed by atoms with Gasteiger partial charge in [0.1, 0.15) is 5.75 Å². The van der Waals surface area contributed by atoms with E-state index in [1.165, 1.54) is 4.90 Å². The molecule has 0 radical (unpaired) electrons. The number of benzene rings is 2. The normalized spacial score (nSPS) is 14.9. The Labute approximate surface area is 159 Å². The molecule has 6 nitrogen and oxygen atoms in total. The van der Waals surface area contributed by atoms with Gasteiger partial charge in [-0.1, -0.05) is 12.1 Å². The fourth-order valence-electron chi connectivity index (χ4n) is 3.22. The van der Waals surface area contributed by atoms with E-state index in [1.807, 2.05) is 0 Å². The van der Waals surface area contributed by atoms with Gasteiger partial charge >= 0.3 is 0 Å². The Morgan fingerprint density at radius 1 is 1.26 bits per heavy atom. The number of nitrogens with zero attached hydrogens (tertiary/aromatic N) is 2. The highest BCUT2D eigenvalue weighted by atomic mass is 16.5. The molecule has 1 aliphatic rings. The SMILES string of the molecule is COc1cccc(C(O)CN(C)C(=O)c2ccc(N3CCCC3=O)cc2)c1. The average Bonchev–Trinajstić information content (AvgIpc) is 3.13. The van der Waals surface area contributed by atoms with E-state index in [1.54, 1.807) is 67.6 Å². The Morgan fingerprint density at radius 3 is 2.63 bits per heavy atom. The lowest BCUT2D eigenvalue weighted by molar-refractivity contribution is -0.117. The molecule has 2 aromatic carbocycles. The molecule has 0 bridgehead atoms. The van der Waals surface area contributed by atoms with Crippen LogP contribution in [0.25, 0.3) is 0 Å². The first-order valence-electron chi connectivity index (χ1n) is 8.97. The van der Waals surface area contributed by atoms with Gasteiger partial charge in [-0.3, -0.25) is 9.59 Å². The summed E-state index contributed by atoms with van der Waals surface area (Å²) in [5.74, 6) is 0.594. The van der Waals surface area contributed by atoms with Crippen LogP contribution in [-0.2, 0) is 4.79 Å². The summed E-state index contributed by atoms with van der Waals surface area (Å²) in [6.07, 6.45) is 0.631. The van der Waals surface area contributed by atoms with Crippen molar-refractivity contribution in [1.82, 2.24) is 4.90 Å². The number of hydrogen-bond acceptors (Lipinski definition) is 4. The molecule has 1 aliphatic heterocycles. The maximum atomic E-state index is 12.6. The molecule has 2 amide bonds. The molecule has 6 heteroatoms. The Bertz CT molecular complexity index is 819. The van der Waals surface area contributed by atoms with E-state index < -0.39 is 6.10 Å². The summed E-state index contributed by atoms with van der Waals surface area (Å²) in [6.45, 7) is 0.886. The number of amides is 2. The second-order valence-electron chi connectivity index (χ2n) is 6.67. The molecule has 1 heterocycles. The van der Waals surface area contributed by atoms with Gasteiger partial charge in [0.25, 0.3) is 5.91 Å². The maximum Gasteiger partial charge on any atom is 0.253 e. The summed E-state index contributed by atoms with van der Waals surface area (Å²) >= 11 is 0. The predicted molar refractivity (Wildman–Crippen MR) is 103 cm³/mol. The molecule has 1 N–H and O–H groups in total. The summed E-state index contributed by atoms with van der Waals surface area (Å²) in [5.41, 5.74) is 2.02. The largest absolute Gasteiger partial charge is 0.497 e. The number of hydrogen-bond donors (Lipinski definition) is 1. The molecule has 0 spiro atoms. The second-order valence-corrected chi connectivity index (χ2v) is 6.67. The molecule has 1 atom stereocenters. The third-order valence-corrected chi connectivity index (χ3v) is 4.77. The molecular weight excluding hydrogens is 344 g/mol. The first kappa shape index (κ1) is 18.9. The van der Waals surface area contributed by atoms with Crippen LogP contribution in [0.4, 0.5) is 5.69 Å². The zero-order valence-corrected chi connectivity index (χ0v) is 15.6. The van der Waals surface area contributed by atoms with Crippen molar-refractivity contribution in [2.45, 2.75) is 18.9 Å². The number of aliphatic hydroxyl groups excluding tert-OH is 1. The van der Waals surface area contributed by atoms with E-state index in [0.29, 0.717) is 23.3 Å². The molecule has 1 saturated heterocycles. The molecule has 1 fully saturated rings. The second kappa shape index (κ2) is 8.22. The third-order valence-electron chi connectivity index (χ3n) is 4.77. The van der Waals surface area contributed by atoms with E-state index in [9.17, 15) is 14.7 Å². The van der Waals surface area contributed by atoms with Crippen LogP contribution in [0.2, 0.25) is 0 Å². The van der Waals surface area contributed by atoms with Gasteiger partial charge in [-0.05, 0) is 48.4 Å². The van der Waals surface area contributed by atoms with Gasteiger partial charge in [0.05, 0.1) is 19.8 Å². The lowest BCUT2D eigenvalue weighted by Crippen LogP contribution is -2.31. The van der Waals surface area contributed by atoms with Gasteiger partial charge in [0.2, 0.25) is 5.91 Å². The number of methoxy groups -OCH3 is 1. The van der Waals surface area contributed by atoms with Gasteiger partial charge in [0.15, 0.2) is 0 Å². The molecule has 1 unspecified atom stereocenters. The van der Waals surface area contributed by atoms with Gasteiger partial charge in [-0.2, -0.15) is 0 Å². The number of carbonyl (C=O) groups excluding carboxylic acids is 2. The standard InChI is InChI=1S/C21H24N2O4/c1-22(14-19(24)16-5-3-6-18(13-16)27-2)21(26)15-8-10-17(11-9-15)23-12-4-7-20(23)25/h3,5-6,8-11,13,19,24H,4,7,12,14H2,1-2H3. The molecular formula is C21H24N2O4. The van der Waals surface area contributed by atoms with Crippen LogP contribution in [0.1, 0.15) is 34.9 Å². The highest BCUT2D eigenvalue weighted by Crippen LogP contribution is 2.23. The zero-order chi connectivity index (χ0) is 19.4. The van der Waals surface area contributed by atoms with Crippen molar-refractivity contribution in [2.75, 3.05) is 32.1 Å². The molecule has 3 rings (SSSR count). The molecule has 142 valence electrons. The minimum atomic E-state index is -0.810. The first-order chi connectivity index (χ1) is 13.0. The van der Waals surface area contributed by atoms with E-state index in [-0.39, 0.29) is 18.4 Å². The lowest BCUT2D eigenvalue weighted by Gasteiger charge is -2.22. The Kier molecular flexibility index (Phi) is 5.76. The number of anilines is 1. The van der Waals surface area contributed by atoms with Crippen LogP contribution in [0.15, 0.2) is 48.5 Å². The monoisotopic (exact) mass is 368 g/mol. The van der Waals surface area contributed by atoms with Crippen molar-refractivity contribution in [3.63, 3.8) is 0 Å². The Balaban J connectivity index is 1.65. The summed E-state index contributed by atoms with van der Waals surface area (Å²) in [5, 5.41) is 10.4. The summed E-state index contributed by atoms with van der Waals surface area (Å²) in [7, 11) is 3.23. The highest BCUT2D eigenvalue weighted by molar-refractivity contribution is 5.97. The van der Waals surface area contributed by atoms with Crippen LogP contribution in [0.5, 0.6) is 5.75 Å². The van der Waals surface area contributed by atoms with Crippen LogP contribution in [0, 0.1) is 0 Å². The summed E-state index contributed by atoms with van der Waals surface area (Å²) < 4.78 is 5.17. The van der Waals surface area contributed by atoms with Gasteiger partial charge in [0, 0.05) is 31.3 Å². The Morgan fingerprint density at radius 2 is 2.00 bits per heavy atom. The van der Waals surface area contributed by atoms with E-state index >= 15 is 0 Å². The fraction of sp³-hybridized carbons (Fsp3) is 0.333. The number of rotatable bonds is 6. The van der Waals surface area contributed by atoms with Gasteiger partial charge in [-0.15, -0.1) is 0 Å². The molecule has 27 heavy (non-hydrogen) atoms. The smallest absolute Gasteiger partial charge is 0.253 e. The molecule has 2 aromatic rings. The van der Waals surface area contributed by atoms with Crippen molar-refractivity contribution in [3.8, 4) is 5.75 Å². The van der Waals surface area contributed by atoms with Gasteiger partial charge < -0.3 is 19.6 Å². The lowest BCUT2D eigenvalue weighted by atomic mass is 10.1. The van der Waals surface area contributed by atoms with Crippen LogP contribution in [0.3, 0.4) is 0 Å². The predicted octanol–water partition coefficient (Wildman–Crippen LogP) is 2.63. The van der Waals surface area contributed by atoms with Crippen molar-refractivity contribution >= 4 is 17.5 Å². The fourth-order valence-corrected chi connectivity index (χ4v) is 3.22. The van der Waals surface area contributed by atoms with Crippen molar-refractivity contribution < 1.29 is 19.4 Å². The minimum absolute atomic E-state index is 0.118. The summed E-state index contributed by atoms with van der Waals surface area (Å²) in [6, 6.07) is 14.2. The average molecular weight is 368 g/mol. The first-order valence-corrected chi connectivity index (χ1v) is 8.97. The zero-order valence-electron chi connectivity index (χ0n) is 15.6. The molecule has 0 aliphatic carbocycles. The quantitative estimate of drug-likeness (QED) is 0.851. The van der Waals surface area contributed by atoms with Crippen molar-refractivity contribution in [1.29, 1.82) is 0 Å². The number of likely N-dealkylation sites (N-methyl/N-ethyl adjacent to an activating group) is 1. The van der Waals surface area contributed by atoms with Crippen LogP contribution < -0.4 is 9.64 Å². The number of carbonyl (C=O) groups is 2. The number of ether oxygens (including phenoxy) is 1. The molecule has 0 aromatic heterocycles. The maximum absolute atomic E-state index is 12.6. The third kappa shape index (κ3) is 4.28. The van der Waals surface area contributed by atoms with Crippen molar-refractivity contribution in [3.05, 3.63) is 59.7 Å². The summed E-state index contributed by atoms with van der Waals surface area (Å²) in [4.78, 5) is 27.7. The topological polar surface area (TPSA) is 70.1 Å². The van der Waals surface area contributed by atoms with E-state index in [4.69, 9.17) is 4.74 Å². The van der Waals surface area contributed by atoms with E-state index in [0.717, 1.165) is 18.7 Å². The molecule has 0 saturated carbocycles. The number of aliphatic hydroxyl groups is 1.